The van der Waals surface area contributed by atoms with Gasteiger partial charge in [0.2, 0.25) is 0 Å². The maximum absolute atomic E-state index is 7.00. The van der Waals surface area contributed by atoms with E-state index in [1.807, 2.05) is 6.20 Å². The molecule has 2 nitrogen and oxygen atoms in total. The minimum Gasteiger partial charge on any atom is -0.400 e. The molecule has 0 aromatic carbocycles. The second-order valence-corrected chi connectivity index (χ2v) is 3.83. The predicted molar refractivity (Wildman–Crippen MR) is 60.6 cm³/mol. The van der Waals surface area contributed by atoms with Crippen LogP contribution in [0.3, 0.4) is 0 Å². The van der Waals surface area contributed by atoms with Crippen LogP contribution >= 0.6 is 0 Å². The minimum atomic E-state index is 0.534. The molecule has 0 bridgehead atoms. The highest BCUT2D eigenvalue weighted by Crippen LogP contribution is 2.16. The van der Waals surface area contributed by atoms with Crippen LogP contribution in [0.5, 0.6) is 0 Å². The lowest BCUT2D eigenvalue weighted by Crippen LogP contribution is -1.94. The molecule has 1 rings (SSSR count). The van der Waals surface area contributed by atoms with Gasteiger partial charge in [-0.25, -0.2) is 0 Å². The van der Waals surface area contributed by atoms with Crippen LogP contribution in [0.4, 0.5) is 0 Å². The lowest BCUT2D eigenvalue weighted by atomic mass is 10.0. The van der Waals surface area contributed by atoms with E-state index in [4.69, 9.17) is 5.11 Å². The van der Waals surface area contributed by atoms with Crippen LogP contribution in [-0.2, 0) is 0 Å². The van der Waals surface area contributed by atoms with Gasteiger partial charge in [-0.3, -0.25) is 4.98 Å². The molecule has 0 fully saturated rings. The Labute approximate surface area is 87.0 Å². The molecule has 0 atom stereocenters. The summed E-state index contributed by atoms with van der Waals surface area (Å²) in [5, 5.41) is 7.00. The van der Waals surface area contributed by atoms with Crippen LogP contribution in [0.25, 0.3) is 0 Å². The van der Waals surface area contributed by atoms with Gasteiger partial charge in [-0.15, -0.1) is 0 Å². The molecule has 14 heavy (non-hydrogen) atoms. The first kappa shape index (κ1) is 13.1. The molecule has 0 aliphatic carbocycles. The van der Waals surface area contributed by atoms with Gasteiger partial charge < -0.3 is 5.11 Å². The van der Waals surface area contributed by atoms with E-state index in [0.29, 0.717) is 11.8 Å². The summed E-state index contributed by atoms with van der Waals surface area (Å²) in [5.41, 5.74) is 2.50. The average molecular weight is 195 g/mol. The highest BCUT2D eigenvalue weighted by molar-refractivity contribution is 5.18. The number of pyridine rings is 1. The Kier molecular flexibility index (Phi) is 6.13. The van der Waals surface area contributed by atoms with Gasteiger partial charge >= 0.3 is 0 Å². The van der Waals surface area contributed by atoms with Gasteiger partial charge in [0.1, 0.15) is 0 Å². The van der Waals surface area contributed by atoms with Gasteiger partial charge in [0.05, 0.1) is 0 Å². The van der Waals surface area contributed by atoms with Gasteiger partial charge in [0.15, 0.2) is 0 Å². The Balaban J connectivity index is 0.000000791. The Morgan fingerprint density at radius 1 is 1.00 bits per heavy atom. The van der Waals surface area contributed by atoms with Crippen molar-refractivity contribution < 1.29 is 5.11 Å². The standard InChI is InChI=1S/C11H17N.CH4O/c1-8(2)10-5-6-11(9(3)4)12-7-10;1-2/h5-9H,1-4H3;2H,1H3. The second kappa shape index (κ2) is 6.55. The number of hydrogen-bond acceptors (Lipinski definition) is 2. The van der Waals surface area contributed by atoms with Crippen LogP contribution in [0.2, 0.25) is 0 Å². The zero-order chi connectivity index (χ0) is 11.1. The fourth-order valence-corrected chi connectivity index (χ4v) is 1.10. The van der Waals surface area contributed by atoms with Crippen molar-refractivity contribution in [1.82, 2.24) is 4.98 Å². The summed E-state index contributed by atoms with van der Waals surface area (Å²) in [7, 11) is 1.00. The monoisotopic (exact) mass is 195 g/mol. The smallest absolute Gasteiger partial charge is 0.0429 e. The molecular formula is C12H21NO. The first-order valence-electron chi connectivity index (χ1n) is 5.02. The molecular weight excluding hydrogens is 174 g/mol. The number of aromatic nitrogens is 1. The number of rotatable bonds is 2. The lowest BCUT2D eigenvalue weighted by molar-refractivity contribution is 0.399. The molecule has 1 heterocycles. The molecule has 0 amide bonds. The summed E-state index contributed by atoms with van der Waals surface area (Å²) in [5.74, 6) is 1.12. The maximum Gasteiger partial charge on any atom is 0.0429 e. The molecule has 0 spiro atoms. The Hall–Kier alpha value is -0.890. The molecule has 0 saturated heterocycles. The van der Waals surface area contributed by atoms with Crippen molar-refractivity contribution in [2.24, 2.45) is 0 Å². The molecule has 2 heteroatoms. The summed E-state index contributed by atoms with van der Waals surface area (Å²) in [6.45, 7) is 8.70. The van der Waals surface area contributed by atoms with Crippen molar-refractivity contribution in [2.75, 3.05) is 7.11 Å². The van der Waals surface area contributed by atoms with Crippen LogP contribution < -0.4 is 0 Å². The second-order valence-electron chi connectivity index (χ2n) is 3.83. The van der Waals surface area contributed by atoms with E-state index < -0.39 is 0 Å². The highest BCUT2D eigenvalue weighted by atomic mass is 16.2. The molecule has 1 aromatic heterocycles. The molecule has 1 N–H and O–H groups in total. The van der Waals surface area contributed by atoms with E-state index >= 15 is 0 Å². The number of aliphatic hydroxyl groups is 1. The van der Waals surface area contributed by atoms with Crippen molar-refractivity contribution in [2.45, 2.75) is 39.5 Å². The molecule has 0 unspecified atom stereocenters. The quantitative estimate of drug-likeness (QED) is 0.787. The summed E-state index contributed by atoms with van der Waals surface area (Å²) in [6.07, 6.45) is 1.99. The van der Waals surface area contributed by atoms with Crippen LogP contribution in [0.15, 0.2) is 18.3 Å². The van der Waals surface area contributed by atoms with E-state index in [9.17, 15) is 0 Å². The third kappa shape index (κ3) is 3.88. The van der Waals surface area contributed by atoms with Crippen LogP contribution in [-0.4, -0.2) is 17.2 Å². The van der Waals surface area contributed by atoms with E-state index in [1.165, 1.54) is 11.3 Å². The van der Waals surface area contributed by atoms with Gasteiger partial charge in [0.25, 0.3) is 0 Å². The fourth-order valence-electron chi connectivity index (χ4n) is 1.10. The first-order chi connectivity index (χ1) is 6.61. The van der Waals surface area contributed by atoms with E-state index in [2.05, 4.69) is 44.8 Å². The number of aliphatic hydroxyl groups excluding tert-OH is 1. The summed E-state index contributed by atoms with van der Waals surface area (Å²) in [4.78, 5) is 4.40. The minimum absolute atomic E-state index is 0.534. The maximum atomic E-state index is 7.00. The normalized spacial score (nSPS) is 10.0. The Bertz CT molecular complexity index is 212. The van der Waals surface area contributed by atoms with E-state index in [1.54, 1.807) is 0 Å². The number of nitrogens with zero attached hydrogens (tertiary/aromatic N) is 1. The zero-order valence-corrected chi connectivity index (χ0v) is 9.78. The van der Waals surface area contributed by atoms with Crippen molar-refractivity contribution in [3.8, 4) is 0 Å². The zero-order valence-electron chi connectivity index (χ0n) is 9.78. The highest BCUT2D eigenvalue weighted by Gasteiger charge is 2.02. The van der Waals surface area contributed by atoms with Crippen molar-refractivity contribution >= 4 is 0 Å². The average Bonchev–Trinajstić information content (AvgIpc) is 2.21. The summed E-state index contributed by atoms with van der Waals surface area (Å²) in [6, 6.07) is 4.30. The SMILES string of the molecule is CC(C)c1ccc(C(C)C)nc1.CO. The summed E-state index contributed by atoms with van der Waals surface area (Å²) < 4.78 is 0. The molecule has 0 aliphatic heterocycles. The van der Waals surface area contributed by atoms with E-state index in [-0.39, 0.29) is 0 Å². The van der Waals surface area contributed by atoms with Crippen LogP contribution in [0.1, 0.15) is 50.8 Å². The first-order valence-corrected chi connectivity index (χ1v) is 5.02. The van der Waals surface area contributed by atoms with Crippen molar-refractivity contribution in [1.29, 1.82) is 0 Å². The fraction of sp³-hybridized carbons (Fsp3) is 0.583. The Morgan fingerprint density at radius 2 is 1.57 bits per heavy atom. The number of hydrogen-bond donors (Lipinski definition) is 1. The summed E-state index contributed by atoms with van der Waals surface area (Å²) >= 11 is 0. The lowest BCUT2D eigenvalue weighted by Gasteiger charge is -2.07. The predicted octanol–water partition coefficient (Wildman–Crippen LogP) is 2.94. The molecule has 0 saturated carbocycles. The Morgan fingerprint density at radius 3 is 1.86 bits per heavy atom. The van der Waals surface area contributed by atoms with Gasteiger partial charge in [-0.2, -0.15) is 0 Å². The molecule has 80 valence electrons. The largest absolute Gasteiger partial charge is 0.400 e. The van der Waals surface area contributed by atoms with Gasteiger partial charge in [-0.05, 0) is 23.5 Å². The topological polar surface area (TPSA) is 33.1 Å². The van der Waals surface area contributed by atoms with E-state index in [0.717, 1.165) is 7.11 Å². The van der Waals surface area contributed by atoms with Crippen molar-refractivity contribution in [3.05, 3.63) is 29.6 Å². The molecule has 0 aliphatic rings. The van der Waals surface area contributed by atoms with Crippen LogP contribution in [0, 0.1) is 0 Å². The van der Waals surface area contributed by atoms with Gasteiger partial charge in [-0.1, -0.05) is 33.8 Å². The third-order valence-electron chi connectivity index (χ3n) is 2.07. The van der Waals surface area contributed by atoms with Gasteiger partial charge in [0, 0.05) is 19.0 Å². The molecule has 0 radical (unpaired) electrons. The third-order valence-corrected chi connectivity index (χ3v) is 2.07. The molecule has 1 aromatic rings. The van der Waals surface area contributed by atoms with Crippen molar-refractivity contribution in [3.63, 3.8) is 0 Å².